The molecule has 2 unspecified atom stereocenters. The molecular formula is C8H15N3O. The van der Waals surface area contributed by atoms with Crippen molar-refractivity contribution in [2.24, 2.45) is 9.98 Å². The molecule has 2 aliphatic rings. The van der Waals surface area contributed by atoms with Crippen LogP contribution in [0.2, 0.25) is 0 Å². The molecule has 0 saturated carbocycles. The van der Waals surface area contributed by atoms with Gasteiger partial charge in [0.1, 0.15) is 6.23 Å². The molecular weight excluding hydrogens is 154 g/mol. The predicted molar refractivity (Wildman–Crippen MR) is 49.9 cm³/mol. The zero-order valence-electron chi connectivity index (χ0n) is 7.53. The van der Waals surface area contributed by atoms with Gasteiger partial charge < -0.3 is 4.74 Å². The fourth-order valence-electron chi connectivity index (χ4n) is 0.904. The van der Waals surface area contributed by atoms with Gasteiger partial charge in [-0.25, -0.2) is 0 Å². The topological polar surface area (TPSA) is 46.0 Å². The van der Waals surface area contributed by atoms with Gasteiger partial charge in [-0.1, -0.05) is 0 Å². The summed E-state index contributed by atoms with van der Waals surface area (Å²) in [5, 5.41) is 3.10. The number of nitrogens with zero attached hydrogens (tertiary/aromatic N) is 2. The fraction of sp³-hybridized carbons (Fsp3) is 0.750. The molecule has 0 saturated heterocycles. The van der Waals surface area contributed by atoms with Crippen LogP contribution in [0.3, 0.4) is 0 Å². The van der Waals surface area contributed by atoms with Crippen molar-refractivity contribution in [3.05, 3.63) is 0 Å². The lowest BCUT2D eigenvalue weighted by atomic mass is 10.6. The lowest BCUT2D eigenvalue weighted by molar-refractivity contribution is 0.125. The van der Waals surface area contributed by atoms with Gasteiger partial charge in [0, 0.05) is 19.0 Å². The van der Waals surface area contributed by atoms with Crippen molar-refractivity contribution < 1.29 is 4.74 Å². The Morgan fingerprint density at radius 2 is 2.17 bits per heavy atom. The zero-order valence-corrected chi connectivity index (χ0v) is 7.53. The van der Waals surface area contributed by atoms with Crippen molar-refractivity contribution in [1.29, 1.82) is 0 Å². The lowest BCUT2D eigenvalue weighted by Crippen LogP contribution is -2.17. The molecule has 4 nitrogen and oxygen atoms in total. The largest absolute Gasteiger partial charge is 0.351 e. The Labute approximate surface area is 72.7 Å². The van der Waals surface area contributed by atoms with Crippen LogP contribution in [0.15, 0.2) is 9.98 Å². The number of aliphatic imine (C=N–C) groups is 2. The molecule has 12 heavy (non-hydrogen) atoms. The molecule has 4 heteroatoms. The van der Waals surface area contributed by atoms with E-state index >= 15 is 0 Å². The number of rotatable bonds is 0. The van der Waals surface area contributed by atoms with Crippen molar-refractivity contribution in [3.63, 3.8) is 0 Å². The van der Waals surface area contributed by atoms with E-state index in [1.807, 2.05) is 20.1 Å². The Hall–Kier alpha value is -0.740. The minimum atomic E-state index is 0.116. The van der Waals surface area contributed by atoms with Gasteiger partial charge in [-0.2, -0.15) is 0 Å². The van der Waals surface area contributed by atoms with Gasteiger partial charge in [0.2, 0.25) is 0 Å². The molecule has 1 N–H and O–H groups in total. The molecule has 0 bridgehead atoms. The van der Waals surface area contributed by atoms with Gasteiger partial charge in [-0.15, -0.1) is 0 Å². The highest BCUT2D eigenvalue weighted by Gasteiger charge is 1.99. The van der Waals surface area contributed by atoms with E-state index in [1.165, 1.54) is 0 Å². The third-order valence-electron chi connectivity index (χ3n) is 1.56. The minimum absolute atomic E-state index is 0.116. The highest BCUT2D eigenvalue weighted by atomic mass is 16.5. The number of ether oxygens (including phenoxy) is 1. The maximum atomic E-state index is 4.93. The van der Waals surface area contributed by atoms with Crippen LogP contribution >= 0.6 is 0 Å². The van der Waals surface area contributed by atoms with Crippen molar-refractivity contribution >= 4 is 12.4 Å². The van der Waals surface area contributed by atoms with E-state index in [-0.39, 0.29) is 6.23 Å². The summed E-state index contributed by atoms with van der Waals surface area (Å²) in [5.74, 6) is 0. The van der Waals surface area contributed by atoms with Gasteiger partial charge in [0.15, 0.2) is 0 Å². The molecule has 0 fully saturated rings. The third kappa shape index (κ3) is 3.59. The average molecular weight is 169 g/mol. The molecule has 0 aromatic heterocycles. The lowest BCUT2D eigenvalue weighted by Gasteiger charge is -1.93. The van der Waals surface area contributed by atoms with Crippen LogP contribution in [-0.4, -0.2) is 38.0 Å². The van der Waals surface area contributed by atoms with Gasteiger partial charge in [-0.05, 0) is 13.8 Å². The van der Waals surface area contributed by atoms with Crippen LogP contribution in [0.1, 0.15) is 13.8 Å². The second kappa shape index (κ2) is 5.00. The first-order valence-corrected chi connectivity index (χ1v) is 4.17. The van der Waals surface area contributed by atoms with E-state index < -0.39 is 0 Å². The first-order chi connectivity index (χ1) is 5.79. The quantitative estimate of drug-likeness (QED) is 0.572. The molecule has 0 spiro atoms. The van der Waals surface area contributed by atoms with Crippen molar-refractivity contribution in [2.45, 2.75) is 26.2 Å². The van der Waals surface area contributed by atoms with E-state index in [2.05, 4.69) is 15.3 Å². The SMILES string of the molecule is CC1N=CCN1.CC1N=CCO1. The second-order valence-electron chi connectivity index (χ2n) is 2.68. The summed E-state index contributed by atoms with van der Waals surface area (Å²) in [6, 6.07) is 0. The van der Waals surface area contributed by atoms with E-state index in [0.29, 0.717) is 12.8 Å². The van der Waals surface area contributed by atoms with Gasteiger partial charge >= 0.3 is 0 Å². The van der Waals surface area contributed by atoms with E-state index in [9.17, 15) is 0 Å². The van der Waals surface area contributed by atoms with E-state index in [0.717, 1.165) is 6.54 Å². The summed E-state index contributed by atoms with van der Waals surface area (Å²) in [6.07, 6.45) is 4.16. The summed E-state index contributed by atoms with van der Waals surface area (Å²) in [4.78, 5) is 7.89. The summed E-state index contributed by atoms with van der Waals surface area (Å²) >= 11 is 0. The molecule has 0 amide bonds. The standard InChI is InChI=1S/C4H8N2.C4H7NO/c2*1-4-5-2-3-6-4/h2,4,6H,3H2,1H3;2,4H,3H2,1H3. The van der Waals surface area contributed by atoms with Crippen molar-refractivity contribution in [1.82, 2.24) is 5.32 Å². The molecule has 2 heterocycles. The minimum Gasteiger partial charge on any atom is -0.351 e. The Kier molecular flexibility index (Phi) is 3.90. The van der Waals surface area contributed by atoms with Crippen molar-refractivity contribution in [2.75, 3.05) is 13.2 Å². The van der Waals surface area contributed by atoms with Gasteiger partial charge in [-0.3, -0.25) is 15.3 Å². The molecule has 68 valence electrons. The van der Waals surface area contributed by atoms with Crippen LogP contribution in [0, 0.1) is 0 Å². The van der Waals surface area contributed by atoms with Crippen LogP contribution in [0.5, 0.6) is 0 Å². The summed E-state index contributed by atoms with van der Waals surface area (Å²) in [6.45, 7) is 5.59. The maximum absolute atomic E-state index is 4.93. The molecule has 2 atom stereocenters. The highest BCUT2D eigenvalue weighted by molar-refractivity contribution is 5.61. The smallest absolute Gasteiger partial charge is 0.145 e. The first kappa shape index (κ1) is 9.35. The average Bonchev–Trinajstić information content (AvgIpc) is 2.63. The molecule has 0 radical (unpaired) electrons. The molecule has 2 aliphatic heterocycles. The molecule has 0 aromatic carbocycles. The van der Waals surface area contributed by atoms with E-state index in [1.54, 1.807) is 6.21 Å². The fourth-order valence-corrected chi connectivity index (χ4v) is 0.904. The Balaban J connectivity index is 0.000000120. The summed E-state index contributed by atoms with van der Waals surface area (Å²) in [7, 11) is 0. The summed E-state index contributed by atoms with van der Waals surface area (Å²) in [5.41, 5.74) is 0. The number of hydrogen-bond donors (Lipinski definition) is 1. The van der Waals surface area contributed by atoms with Gasteiger partial charge in [0.25, 0.3) is 0 Å². The monoisotopic (exact) mass is 169 g/mol. The Bertz CT molecular complexity index is 159. The predicted octanol–water partition coefficient (Wildman–Crippen LogP) is 0.440. The van der Waals surface area contributed by atoms with Crippen LogP contribution in [0.25, 0.3) is 0 Å². The summed E-state index contributed by atoms with van der Waals surface area (Å²) < 4.78 is 4.93. The number of nitrogens with one attached hydrogen (secondary N) is 1. The highest BCUT2D eigenvalue weighted by Crippen LogP contribution is 1.94. The Morgan fingerprint density at radius 1 is 1.33 bits per heavy atom. The Morgan fingerprint density at radius 3 is 2.33 bits per heavy atom. The normalized spacial score (nSPS) is 31.8. The molecule has 2 rings (SSSR count). The zero-order chi connectivity index (χ0) is 8.81. The van der Waals surface area contributed by atoms with Gasteiger partial charge in [0.05, 0.1) is 12.8 Å². The van der Waals surface area contributed by atoms with Crippen LogP contribution in [0.4, 0.5) is 0 Å². The van der Waals surface area contributed by atoms with Crippen LogP contribution in [-0.2, 0) is 4.74 Å². The third-order valence-corrected chi connectivity index (χ3v) is 1.56. The van der Waals surface area contributed by atoms with E-state index in [4.69, 9.17) is 4.74 Å². The first-order valence-electron chi connectivity index (χ1n) is 4.17. The molecule has 0 aliphatic carbocycles. The number of hydrogen-bond acceptors (Lipinski definition) is 4. The van der Waals surface area contributed by atoms with Crippen LogP contribution < -0.4 is 5.32 Å². The maximum Gasteiger partial charge on any atom is 0.145 e. The second-order valence-corrected chi connectivity index (χ2v) is 2.68. The van der Waals surface area contributed by atoms with Crippen molar-refractivity contribution in [3.8, 4) is 0 Å². The molecule has 0 aromatic rings.